The Hall–Kier alpha value is -2.76. The first kappa shape index (κ1) is 17.1. The molecule has 0 saturated heterocycles. The second-order valence-corrected chi connectivity index (χ2v) is 6.55. The largest absolute Gasteiger partial charge is 0.477 e. The van der Waals surface area contributed by atoms with Gasteiger partial charge in [-0.15, -0.1) is 0 Å². The van der Waals surface area contributed by atoms with E-state index in [9.17, 15) is 0 Å². The summed E-state index contributed by atoms with van der Waals surface area (Å²) < 4.78 is 8.77. The van der Waals surface area contributed by atoms with Crippen LogP contribution in [0.15, 0.2) is 59.2 Å². The Bertz CT molecular complexity index is 965. The summed E-state index contributed by atoms with van der Waals surface area (Å²) in [4.78, 5) is 0. The molecule has 2 aromatic carbocycles. The van der Waals surface area contributed by atoms with Gasteiger partial charge in [-0.1, -0.05) is 40.2 Å². The number of ether oxygens (including phenoxy) is 1. The van der Waals surface area contributed by atoms with Gasteiger partial charge in [0, 0.05) is 22.5 Å². The molecule has 0 aliphatic heterocycles. The van der Waals surface area contributed by atoms with Gasteiger partial charge in [0.2, 0.25) is 0 Å². The van der Waals surface area contributed by atoms with Crippen molar-refractivity contribution in [2.24, 2.45) is 0 Å². The van der Waals surface area contributed by atoms with E-state index in [4.69, 9.17) is 15.3 Å². The van der Waals surface area contributed by atoms with Gasteiger partial charge in [-0.05, 0) is 36.2 Å². The van der Waals surface area contributed by atoms with Crippen LogP contribution in [-0.2, 0) is 0 Å². The van der Waals surface area contributed by atoms with Gasteiger partial charge in [-0.2, -0.15) is 10.5 Å². The predicted octanol–water partition coefficient (Wildman–Crippen LogP) is 5.20. The Morgan fingerprint density at radius 2 is 1.92 bits per heavy atom. The molecule has 124 valence electrons. The van der Waals surface area contributed by atoms with Gasteiger partial charge in [0.15, 0.2) is 6.61 Å². The molecule has 0 saturated carbocycles. The first-order valence-corrected chi connectivity index (χ1v) is 8.75. The molecule has 1 atom stereocenters. The molecule has 0 aliphatic rings. The fourth-order valence-corrected chi connectivity index (χ4v) is 3.47. The number of aromatic nitrogens is 1. The van der Waals surface area contributed by atoms with Crippen LogP contribution >= 0.6 is 15.9 Å². The summed E-state index contributed by atoms with van der Waals surface area (Å²) in [6.07, 6.45) is 3.17. The average Bonchev–Trinajstić information content (AvgIpc) is 3.05. The Balaban J connectivity index is 2.12. The van der Waals surface area contributed by atoms with E-state index in [1.807, 2.05) is 48.7 Å². The van der Waals surface area contributed by atoms with E-state index in [1.165, 1.54) is 0 Å². The number of hydrogen-bond donors (Lipinski definition) is 0. The van der Waals surface area contributed by atoms with Gasteiger partial charge in [0.05, 0.1) is 17.6 Å². The molecule has 0 amide bonds. The molecule has 1 aromatic heterocycles. The average molecular weight is 394 g/mol. The third-order valence-corrected chi connectivity index (χ3v) is 4.59. The van der Waals surface area contributed by atoms with E-state index in [0.717, 1.165) is 20.9 Å². The highest BCUT2D eigenvalue weighted by Crippen LogP contribution is 2.34. The number of para-hydroxylation sites is 1. The van der Waals surface area contributed by atoms with Gasteiger partial charge >= 0.3 is 0 Å². The first-order chi connectivity index (χ1) is 12.2. The lowest BCUT2D eigenvalue weighted by Gasteiger charge is -2.21. The van der Waals surface area contributed by atoms with Crippen LogP contribution in [0.5, 0.6) is 5.75 Å². The van der Waals surface area contributed by atoms with Crippen molar-refractivity contribution in [3.05, 3.63) is 64.8 Å². The molecule has 0 spiro atoms. The molecule has 1 unspecified atom stereocenters. The minimum absolute atomic E-state index is 0.00401. The molecule has 5 heteroatoms. The highest BCUT2D eigenvalue weighted by atomic mass is 79.9. The van der Waals surface area contributed by atoms with E-state index in [-0.39, 0.29) is 12.6 Å². The Kier molecular flexibility index (Phi) is 5.38. The van der Waals surface area contributed by atoms with Crippen molar-refractivity contribution in [3.63, 3.8) is 0 Å². The quantitative estimate of drug-likeness (QED) is 0.577. The SMILES string of the molecule is N#CCCC(c1cccc(Br)c1)n1ccc2cccc(OCC#N)c21. The van der Waals surface area contributed by atoms with E-state index < -0.39 is 0 Å². The van der Waals surface area contributed by atoms with Crippen molar-refractivity contribution in [2.75, 3.05) is 6.61 Å². The van der Waals surface area contributed by atoms with Gasteiger partial charge in [0.1, 0.15) is 11.8 Å². The molecule has 0 N–H and O–H groups in total. The number of benzene rings is 2. The molecular formula is C20H16BrN3O. The van der Waals surface area contributed by atoms with Crippen molar-refractivity contribution >= 4 is 26.8 Å². The summed E-state index contributed by atoms with van der Waals surface area (Å²) in [7, 11) is 0. The van der Waals surface area contributed by atoms with Gasteiger partial charge in [0.25, 0.3) is 0 Å². The molecule has 25 heavy (non-hydrogen) atoms. The zero-order chi connectivity index (χ0) is 17.6. The lowest BCUT2D eigenvalue weighted by molar-refractivity contribution is 0.369. The van der Waals surface area contributed by atoms with E-state index >= 15 is 0 Å². The van der Waals surface area contributed by atoms with Gasteiger partial charge in [-0.25, -0.2) is 0 Å². The number of hydrogen-bond acceptors (Lipinski definition) is 3. The van der Waals surface area contributed by atoms with Crippen LogP contribution in [0.4, 0.5) is 0 Å². The molecule has 3 aromatic rings. The fraction of sp³-hybridized carbons (Fsp3) is 0.200. The summed E-state index contributed by atoms with van der Waals surface area (Å²) >= 11 is 3.53. The fourth-order valence-electron chi connectivity index (χ4n) is 3.05. The maximum absolute atomic E-state index is 9.07. The number of fused-ring (bicyclic) bond motifs is 1. The lowest BCUT2D eigenvalue weighted by Crippen LogP contribution is -2.10. The minimum atomic E-state index is 0.00401. The molecule has 1 heterocycles. The number of nitriles is 2. The monoisotopic (exact) mass is 393 g/mol. The Labute approximate surface area is 155 Å². The smallest absolute Gasteiger partial charge is 0.174 e. The highest BCUT2D eigenvalue weighted by Gasteiger charge is 2.18. The molecule has 0 radical (unpaired) electrons. The van der Waals surface area contributed by atoms with Crippen molar-refractivity contribution < 1.29 is 4.74 Å². The topological polar surface area (TPSA) is 61.7 Å². The Morgan fingerprint density at radius 1 is 1.08 bits per heavy atom. The second-order valence-electron chi connectivity index (χ2n) is 5.63. The van der Waals surface area contributed by atoms with E-state index in [0.29, 0.717) is 18.6 Å². The third-order valence-electron chi connectivity index (χ3n) is 4.09. The van der Waals surface area contributed by atoms with Crippen molar-refractivity contribution in [2.45, 2.75) is 18.9 Å². The normalized spacial score (nSPS) is 11.6. The summed E-state index contributed by atoms with van der Waals surface area (Å²) in [6, 6.07) is 20.2. The predicted molar refractivity (Wildman–Crippen MR) is 100 cm³/mol. The molecule has 0 fully saturated rings. The molecule has 3 rings (SSSR count). The van der Waals surface area contributed by atoms with Crippen LogP contribution < -0.4 is 4.74 Å². The zero-order valence-electron chi connectivity index (χ0n) is 13.5. The number of halogens is 1. The number of nitrogens with zero attached hydrogens (tertiary/aromatic N) is 3. The van der Waals surface area contributed by atoms with Crippen LogP contribution in [0, 0.1) is 22.7 Å². The molecular weight excluding hydrogens is 378 g/mol. The summed E-state index contributed by atoms with van der Waals surface area (Å²) in [5, 5.41) is 18.9. The van der Waals surface area contributed by atoms with Crippen LogP contribution in [0.25, 0.3) is 10.9 Å². The van der Waals surface area contributed by atoms with Gasteiger partial charge in [-0.3, -0.25) is 0 Å². The lowest BCUT2D eigenvalue weighted by atomic mass is 10.0. The van der Waals surface area contributed by atoms with Crippen LogP contribution in [0.2, 0.25) is 0 Å². The summed E-state index contributed by atoms with van der Waals surface area (Å²) in [6.45, 7) is 0.00401. The minimum Gasteiger partial charge on any atom is -0.477 e. The summed E-state index contributed by atoms with van der Waals surface area (Å²) in [5.74, 6) is 0.681. The van der Waals surface area contributed by atoms with Gasteiger partial charge < -0.3 is 9.30 Å². The van der Waals surface area contributed by atoms with Crippen LogP contribution in [-0.4, -0.2) is 11.2 Å². The van der Waals surface area contributed by atoms with Crippen molar-refractivity contribution in [1.82, 2.24) is 4.57 Å². The van der Waals surface area contributed by atoms with E-state index in [2.05, 4.69) is 38.7 Å². The maximum Gasteiger partial charge on any atom is 0.174 e. The van der Waals surface area contributed by atoms with Crippen molar-refractivity contribution in [3.8, 4) is 17.9 Å². The van der Waals surface area contributed by atoms with E-state index in [1.54, 1.807) is 0 Å². The first-order valence-electron chi connectivity index (χ1n) is 7.96. The second kappa shape index (κ2) is 7.88. The molecule has 0 aliphatic carbocycles. The zero-order valence-corrected chi connectivity index (χ0v) is 15.1. The van der Waals surface area contributed by atoms with Crippen LogP contribution in [0.1, 0.15) is 24.4 Å². The molecule has 4 nitrogen and oxygen atoms in total. The highest BCUT2D eigenvalue weighted by molar-refractivity contribution is 9.10. The van der Waals surface area contributed by atoms with Crippen molar-refractivity contribution in [1.29, 1.82) is 10.5 Å². The standard InChI is InChI=1S/C20H16BrN3O/c21-17-6-1-5-16(14-17)18(7-3-10-22)24-12-9-15-4-2-8-19(20(15)24)25-13-11-23/h1-2,4-6,8-9,12,14,18H,3,7,13H2. The molecule has 0 bridgehead atoms. The van der Waals surface area contributed by atoms with Crippen LogP contribution in [0.3, 0.4) is 0 Å². The Morgan fingerprint density at radius 3 is 2.68 bits per heavy atom. The summed E-state index contributed by atoms with van der Waals surface area (Å²) in [5.41, 5.74) is 2.07. The number of rotatable bonds is 6. The third kappa shape index (κ3) is 3.68. The maximum atomic E-state index is 9.07.